The van der Waals surface area contributed by atoms with Crippen LogP contribution in [0.5, 0.6) is 5.75 Å². The molecule has 0 radical (unpaired) electrons. The van der Waals surface area contributed by atoms with Crippen molar-refractivity contribution in [1.82, 2.24) is 5.32 Å². The molecule has 0 atom stereocenters. The van der Waals surface area contributed by atoms with Gasteiger partial charge >= 0.3 is 6.03 Å². The van der Waals surface area contributed by atoms with Crippen LogP contribution in [0.1, 0.15) is 71.1 Å². The fourth-order valence-electron chi connectivity index (χ4n) is 2.66. The third-order valence-corrected chi connectivity index (χ3v) is 4.16. The van der Waals surface area contributed by atoms with E-state index >= 15 is 0 Å². The van der Waals surface area contributed by atoms with Crippen molar-refractivity contribution in [2.24, 2.45) is 0 Å². The van der Waals surface area contributed by atoms with Gasteiger partial charge in [-0.25, -0.2) is 4.79 Å². The molecule has 0 aliphatic heterocycles. The number of rotatable bonds is 13. The summed E-state index contributed by atoms with van der Waals surface area (Å²) in [5.74, 6) is 0.784. The van der Waals surface area contributed by atoms with Gasteiger partial charge in [0.15, 0.2) is 0 Å². The van der Waals surface area contributed by atoms with Crippen LogP contribution in [0.3, 0.4) is 0 Å². The quantitative estimate of drug-likeness (QED) is 0.452. The molecule has 0 unspecified atom stereocenters. The standard InChI is InChI=1S/C20H34N2O2/c1-3-4-5-6-7-8-9-10-11-12-17-21-20(23)22-18-13-15-19(24-2)16-14-18/h13-16H,3-12,17H2,1-2H3,(H2,21,22,23). The number of benzene rings is 1. The molecular formula is C20H34N2O2. The molecule has 1 aromatic carbocycles. The highest BCUT2D eigenvalue weighted by molar-refractivity contribution is 5.89. The Balaban J connectivity index is 1.94. The summed E-state index contributed by atoms with van der Waals surface area (Å²) in [5, 5.41) is 5.73. The number of amides is 2. The molecule has 24 heavy (non-hydrogen) atoms. The third kappa shape index (κ3) is 10.1. The van der Waals surface area contributed by atoms with Gasteiger partial charge in [-0.2, -0.15) is 0 Å². The molecule has 4 heteroatoms. The number of ether oxygens (including phenoxy) is 1. The monoisotopic (exact) mass is 334 g/mol. The third-order valence-electron chi connectivity index (χ3n) is 4.16. The van der Waals surface area contributed by atoms with Gasteiger partial charge < -0.3 is 15.4 Å². The van der Waals surface area contributed by atoms with Crippen molar-refractivity contribution in [3.63, 3.8) is 0 Å². The van der Waals surface area contributed by atoms with Crippen molar-refractivity contribution in [3.05, 3.63) is 24.3 Å². The van der Waals surface area contributed by atoms with Crippen LogP contribution >= 0.6 is 0 Å². The van der Waals surface area contributed by atoms with E-state index in [2.05, 4.69) is 17.6 Å². The molecule has 0 heterocycles. The van der Waals surface area contributed by atoms with Crippen molar-refractivity contribution in [3.8, 4) is 5.75 Å². The number of hydrogen-bond acceptors (Lipinski definition) is 2. The molecule has 136 valence electrons. The summed E-state index contributed by atoms with van der Waals surface area (Å²) in [6.45, 7) is 2.99. The summed E-state index contributed by atoms with van der Waals surface area (Å²) in [5.41, 5.74) is 0.774. The summed E-state index contributed by atoms with van der Waals surface area (Å²) >= 11 is 0. The smallest absolute Gasteiger partial charge is 0.319 e. The number of unbranched alkanes of at least 4 members (excludes halogenated alkanes) is 9. The average Bonchev–Trinajstić information content (AvgIpc) is 2.60. The largest absolute Gasteiger partial charge is 0.497 e. The minimum absolute atomic E-state index is 0.143. The lowest BCUT2D eigenvalue weighted by Crippen LogP contribution is -2.29. The first-order valence-electron chi connectivity index (χ1n) is 9.45. The van der Waals surface area contributed by atoms with Crippen LogP contribution in [-0.4, -0.2) is 19.7 Å². The fraction of sp³-hybridized carbons (Fsp3) is 0.650. The normalized spacial score (nSPS) is 10.4. The van der Waals surface area contributed by atoms with Crippen LogP contribution in [0.25, 0.3) is 0 Å². The minimum Gasteiger partial charge on any atom is -0.497 e. The van der Waals surface area contributed by atoms with Crippen molar-refractivity contribution in [2.75, 3.05) is 19.0 Å². The molecule has 4 nitrogen and oxygen atoms in total. The number of urea groups is 1. The van der Waals surface area contributed by atoms with Gasteiger partial charge in [-0.15, -0.1) is 0 Å². The Morgan fingerprint density at radius 3 is 1.96 bits per heavy atom. The number of carbonyl (C=O) groups excluding carboxylic acids is 1. The maximum absolute atomic E-state index is 11.8. The van der Waals surface area contributed by atoms with Gasteiger partial charge in [0.05, 0.1) is 7.11 Å². The van der Waals surface area contributed by atoms with Gasteiger partial charge in [0, 0.05) is 12.2 Å². The second-order valence-corrected chi connectivity index (χ2v) is 6.29. The fourth-order valence-corrected chi connectivity index (χ4v) is 2.66. The van der Waals surface area contributed by atoms with E-state index in [1.54, 1.807) is 7.11 Å². The Hall–Kier alpha value is -1.71. The molecule has 0 aliphatic carbocycles. The van der Waals surface area contributed by atoms with E-state index in [-0.39, 0.29) is 6.03 Å². The van der Waals surface area contributed by atoms with Gasteiger partial charge in [-0.3, -0.25) is 0 Å². The van der Waals surface area contributed by atoms with E-state index in [0.717, 1.165) is 24.4 Å². The second kappa shape index (κ2) is 13.7. The van der Waals surface area contributed by atoms with Crippen molar-refractivity contribution < 1.29 is 9.53 Å². The molecule has 2 N–H and O–H groups in total. The molecule has 0 aromatic heterocycles. The highest BCUT2D eigenvalue weighted by Gasteiger charge is 2.01. The lowest BCUT2D eigenvalue weighted by molar-refractivity contribution is 0.252. The van der Waals surface area contributed by atoms with Gasteiger partial charge in [-0.05, 0) is 30.7 Å². The van der Waals surface area contributed by atoms with E-state index in [9.17, 15) is 4.79 Å². The van der Waals surface area contributed by atoms with Crippen LogP contribution < -0.4 is 15.4 Å². The Kier molecular flexibility index (Phi) is 11.6. The van der Waals surface area contributed by atoms with E-state index in [0.29, 0.717) is 0 Å². The van der Waals surface area contributed by atoms with Crippen LogP contribution in [0.4, 0.5) is 10.5 Å². The molecule has 0 fully saturated rings. The molecule has 0 bridgehead atoms. The number of anilines is 1. The van der Waals surface area contributed by atoms with Crippen molar-refractivity contribution in [2.45, 2.75) is 71.1 Å². The summed E-state index contributed by atoms with van der Waals surface area (Å²) < 4.78 is 5.09. The first-order chi connectivity index (χ1) is 11.8. The average molecular weight is 335 g/mol. The second-order valence-electron chi connectivity index (χ2n) is 6.29. The zero-order chi connectivity index (χ0) is 17.5. The molecule has 0 spiro atoms. The molecule has 1 rings (SSSR count). The number of carbonyl (C=O) groups is 1. The predicted octanol–water partition coefficient (Wildman–Crippen LogP) is 5.74. The summed E-state index contributed by atoms with van der Waals surface area (Å²) in [6, 6.07) is 7.18. The first kappa shape index (κ1) is 20.3. The van der Waals surface area contributed by atoms with Crippen LogP contribution in [-0.2, 0) is 0 Å². The van der Waals surface area contributed by atoms with Gasteiger partial charge in [-0.1, -0.05) is 64.7 Å². The van der Waals surface area contributed by atoms with Gasteiger partial charge in [0.2, 0.25) is 0 Å². The highest BCUT2D eigenvalue weighted by atomic mass is 16.5. The SMILES string of the molecule is CCCCCCCCCCCCNC(=O)Nc1ccc(OC)cc1. The lowest BCUT2D eigenvalue weighted by Gasteiger charge is -2.08. The van der Waals surface area contributed by atoms with E-state index in [1.807, 2.05) is 24.3 Å². The molecule has 0 saturated carbocycles. The molecular weight excluding hydrogens is 300 g/mol. The van der Waals surface area contributed by atoms with Crippen LogP contribution in [0.15, 0.2) is 24.3 Å². The summed E-state index contributed by atoms with van der Waals surface area (Å²) in [7, 11) is 1.63. The summed E-state index contributed by atoms with van der Waals surface area (Å²) in [6.07, 6.45) is 13.1. The van der Waals surface area contributed by atoms with E-state index in [4.69, 9.17) is 4.74 Å². The summed E-state index contributed by atoms with van der Waals surface area (Å²) in [4.78, 5) is 11.8. The van der Waals surface area contributed by atoms with Gasteiger partial charge in [0.25, 0.3) is 0 Å². The predicted molar refractivity (Wildman–Crippen MR) is 102 cm³/mol. The van der Waals surface area contributed by atoms with Crippen LogP contribution in [0.2, 0.25) is 0 Å². The Morgan fingerprint density at radius 2 is 1.42 bits per heavy atom. The molecule has 1 aromatic rings. The van der Waals surface area contributed by atoms with E-state index < -0.39 is 0 Å². The zero-order valence-electron chi connectivity index (χ0n) is 15.4. The zero-order valence-corrected chi connectivity index (χ0v) is 15.4. The van der Waals surface area contributed by atoms with E-state index in [1.165, 1.54) is 57.8 Å². The number of nitrogens with one attached hydrogen (secondary N) is 2. The molecule has 0 saturated heterocycles. The van der Waals surface area contributed by atoms with Crippen LogP contribution in [0, 0.1) is 0 Å². The van der Waals surface area contributed by atoms with Gasteiger partial charge in [0.1, 0.15) is 5.75 Å². The van der Waals surface area contributed by atoms with Crippen molar-refractivity contribution in [1.29, 1.82) is 0 Å². The number of hydrogen-bond donors (Lipinski definition) is 2. The minimum atomic E-state index is -0.143. The maximum Gasteiger partial charge on any atom is 0.319 e. The maximum atomic E-state index is 11.8. The number of methoxy groups -OCH3 is 1. The Labute approximate surface area is 147 Å². The molecule has 2 amide bonds. The highest BCUT2D eigenvalue weighted by Crippen LogP contribution is 2.14. The Bertz CT molecular complexity index is 432. The lowest BCUT2D eigenvalue weighted by atomic mass is 10.1. The topological polar surface area (TPSA) is 50.4 Å². The Morgan fingerprint density at radius 1 is 0.875 bits per heavy atom. The first-order valence-corrected chi connectivity index (χ1v) is 9.45. The molecule has 0 aliphatic rings. The van der Waals surface area contributed by atoms with Crippen molar-refractivity contribution >= 4 is 11.7 Å².